The van der Waals surface area contributed by atoms with E-state index in [-0.39, 0.29) is 17.2 Å². The lowest BCUT2D eigenvalue weighted by atomic mass is 10.1. The third kappa shape index (κ3) is 2.76. The highest BCUT2D eigenvalue weighted by Crippen LogP contribution is 2.35. The van der Waals surface area contributed by atoms with Crippen LogP contribution < -0.4 is 4.74 Å². The minimum Gasteiger partial charge on any atom is -0.456 e. The predicted octanol–water partition coefficient (Wildman–Crippen LogP) is 5.12. The van der Waals surface area contributed by atoms with Crippen molar-refractivity contribution >= 4 is 29.1 Å². The molecule has 128 valence electrons. The highest BCUT2D eigenvalue weighted by molar-refractivity contribution is 6.31. The Morgan fingerprint density at radius 3 is 2.65 bits per heavy atom. The van der Waals surface area contributed by atoms with Crippen LogP contribution in [0.1, 0.15) is 16.1 Å². The zero-order valence-corrected chi connectivity index (χ0v) is 13.9. The second kappa shape index (κ2) is 6.16. The first-order chi connectivity index (χ1) is 12.5. The Bertz CT molecular complexity index is 1080. The van der Waals surface area contributed by atoms with Crippen LogP contribution in [0, 0.1) is 10.1 Å². The van der Waals surface area contributed by atoms with Crippen LogP contribution in [0.4, 0.5) is 5.69 Å². The lowest BCUT2D eigenvalue weighted by Gasteiger charge is -1.99. The molecule has 0 spiro atoms. The van der Waals surface area contributed by atoms with E-state index in [2.05, 4.69) is 0 Å². The van der Waals surface area contributed by atoms with E-state index in [0.717, 1.165) is 0 Å². The molecule has 7 heteroatoms. The van der Waals surface area contributed by atoms with Gasteiger partial charge in [0, 0.05) is 17.2 Å². The zero-order chi connectivity index (χ0) is 18.3. The van der Waals surface area contributed by atoms with Gasteiger partial charge in [-0.15, -0.1) is 0 Å². The molecule has 1 aliphatic heterocycles. The molecule has 0 atom stereocenters. The molecule has 0 aliphatic carbocycles. The fraction of sp³-hybridized carbons (Fsp3) is 0. The van der Waals surface area contributed by atoms with Crippen LogP contribution in [0.15, 0.2) is 64.8 Å². The zero-order valence-electron chi connectivity index (χ0n) is 13.1. The number of carbonyl (C=O) groups is 1. The van der Waals surface area contributed by atoms with Gasteiger partial charge in [-0.25, -0.2) is 0 Å². The normalized spacial score (nSPS) is 14.3. The molecule has 0 fully saturated rings. The first kappa shape index (κ1) is 16.1. The monoisotopic (exact) mass is 367 g/mol. The Morgan fingerprint density at radius 1 is 1.04 bits per heavy atom. The number of para-hydroxylation sites is 1. The first-order valence-electron chi connectivity index (χ1n) is 7.60. The fourth-order valence-electron chi connectivity index (χ4n) is 2.71. The number of furan rings is 1. The van der Waals surface area contributed by atoms with Gasteiger partial charge < -0.3 is 9.15 Å². The summed E-state index contributed by atoms with van der Waals surface area (Å²) in [6.45, 7) is 0. The van der Waals surface area contributed by atoms with E-state index in [1.807, 2.05) is 0 Å². The van der Waals surface area contributed by atoms with Gasteiger partial charge in [-0.2, -0.15) is 0 Å². The van der Waals surface area contributed by atoms with Crippen molar-refractivity contribution in [3.8, 4) is 17.1 Å². The van der Waals surface area contributed by atoms with Crippen LogP contribution in [0.3, 0.4) is 0 Å². The quantitative estimate of drug-likeness (QED) is 0.364. The van der Waals surface area contributed by atoms with Crippen molar-refractivity contribution in [1.29, 1.82) is 0 Å². The number of halogens is 1. The summed E-state index contributed by atoms with van der Waals surface area (Å²) in [5.41, 5.74) is 0.682. The third-order valence-electron chi connectivity index (χ3n) is 3.90. The summed E-state index contributed by atoms with van der Waals surface area (Å²) in [5.74, 6) is 0.906. The average molecular weight is 368 g/mol. The summed E-state index contributed by atoms with van der Waals surface area (Å²) in [7, 11) is 0. The topological polar surface area (TPSA) is 82.6 Å². The summed E-state index contributed by atoms with van der Waals surface area (Å²) >= 11 is 5.91. The van der Waals surface area contributed by atoms with Gasteiger partial charge in [0.05, 0.1) is 16.1 Å². The van der Waals surface area contributed by atoms with Gasteiger partial charge in [0.2, 0.25) is 5.78 Å². The van der Waals surface area contributed by atoms with Crippen LogP contribution in [-0.2, 0) is 0 Å². The van der Waals surface area contributed by atoms with Crippen molar-refractivity contribution < 1.29 is 18.9 Å². The number of rotatable bonds is 3. The summed E-state index contributed by atoms with van der Waals surface area (Å²) in [6.07, 6.45) is 1.45. The van der Waals surface area contributed by atoms with E-state index in [4.69, 9.17) is 20.8 Å². The highest BCUT2D eigenvalue weighted by Gasteiger charge is 2.28. The standard InChI is InChI=1S/C19H10ClNO5/c20-11-5-7-17-14(9-11)19(22)18(26-17)10-12-6-8-16(25-12)13-3-1-2-4-15(13)21(23)24/h1-10H. The van der Waals surface area contributed by atoms with Crippen molar-refractivity contribution in [2.24, 2.45) is 0 Å². The minimum absolute atomic E-state index is 0.0590. The van der Waals surface area contributed by atoms with Crippen molar-refractivity contribution in [3.05, 3.63) is 86.8 Å². The molecule has 0 amide bonds. The summed E-state index contributed by atoms with van der Waals surface area (Å²) in [5, 5.41) is 11.6. The van der Waals surface area contributed by atoms with Gasteiger partial charge in [-0.1, -0.05) is 23.7 Å². The Labute approximate surface area is 152 Å². The molecule has 0 N–H and O–H groups in total. The molecular weight excluding hydrogens is 358 g/mol. The Kier molecular flexibility index (Phi) is 3.82. The van der Waals surface area contributed by atoms with Gasteiger partial charge in [-0.05, 0) is 36.4 Å². The van der Waals surface area contributed by atoms with Crippen molar-refractivity contribution in [1.82, 2.24) is 0 Å². The van der Waals surface area contributed by atoms with Gasteiger partial charge in [-0.3, -0.25) is 14.9 Å². The molecule has 2 aromatic carbocycles. The number of allylic oxidation sites excluding steroid dienone is 1. The molecular formula is C19H10ClNO5. The molecule has 0 saturated heterocycles. The number of fused-ring (bicyclic) bond motifs is 1. The number of carbonyl (C=O) groups excluding carboxylic acids is 1. The molecule has 1 aromatic heterocycles. The second-order valence-electron chi connectivity index (χ2n) is 5.56. The second-order valence-corrected chi connectivity index (χ2v) is 5.99. The molecule has 0 radical (unpaired) electrons. The number of nitro benzene ring substituents is 1. The molecule has 3 aromatic rings. The van der Waals surface area contributed by atoms with Gasteiger partial charge >= 0.3 is 0 Å². The maximum absolute atomic E-state index is 12.4. The number of hydrogen-bond donors (Lipinski definition) is 0. The van der Waals surface area contributed by atoms with Crippen LogP contribution in [0.5, 0.6) is 5.75 Å². The fourth-order valence-corrected chi connectivity index (χ4v) is 2.88. The van der Waals surface area contributed by atoms with E-state index < -0.39 is 4.92 Å². The highest BCUT2D eigenvalue weighted by atomic mass is 35.5. The molecule has 2 heterocycles. The number of nitro groups is 1. The van der Waals surface area contributed by atoms with E-state index in [0.29, 0.717) is 33.4 Å². The maximum atomic E-state index is 12.4. The molecule has 26 heavy (non-hydrogen) atoms. The van der Waals surface area contributed by atoms with Crippen molar-refractivity contribution in [3.63, 3.8) is 0 Å². The number of benzene rings is 2. The molecule has 0 bridgehead atoms. The van der Waals surface area contributed by atoms with E-state index in [1.165, 1.54) is 12.1 Å². The van der Waals surface area contributed by atoms with E-state index >= 15 is 0 Å². The SMILES string of the molecule is O=C1C(=Cc2ccc(-c3ccccc3[N+](=O)[O-])o2)Oc2ccc(Cl)cc21. The molecule has 1 aliphatic rings. The van der Waals surface area contributed by atoms with Crippen molar-refractivity contribution in [2.45, 2.75) is 0 Å². The van der Waals surface area contributed by atoms with Gasteiger partial charge in [0.1, 0.15) is 17.3 Å². The molecule has 0 saturated carbocycles. The smallest absolute Gasteiger partial charge is 0.280 e. The Morgan fingerprint density at radius 2 is 1.85 bits per heavy atom. The number of nitrogens with zero attached hydrogens (tertiary/aromatic N) is 1. The third-order valence-corrected chi connectivity index (χ3v) is 4.13. The number of Topliss-reactive ketones (excluding diaryl/α,β-unsaturated/α-hetero) is 1. The lowest BCUT2D eigenvalue weighted by Crippen LogP contribution is -1.97. The minimum atomic E-state index is -0.472. The number of hydrogen-bond acceptors (Lipinski definition) is 5. The average Bonchev–Trinajstić information content (AvgIpc) is 3.21. The largest absolute Gasteiger partial charge is 0.456 e. The lowest BCUT2D eigenvalue weighted by molar-refractivity contribution is -0.384. The van der Waals surface area contributed by atoms with Crippen LogP contribution in [0.2, 0.25) is 5.02 Å². The van der Waals surface area contributed by atoms with Crippen molar-refractivity contribution in [2.75, 3.05) is 0 Å². The first-order valence-corrected chi connectivity index (χ1v) is 7.98. The van der Waals surface area contributed by atoms with Crippen LogP contribution in [-0.4, -0.2) is 10.7 Å². The molecule has 0 unspecified atom stereocenters. The predicted molar refractivity (Wildman–Crippen MR) is 95.2 cm³/mol. The summed E-state index contributed by atoms with van der Waals surface area (Å²) in [4.78, 5) is 23.1. The maximum Gasteiger partial charge on any atom is 0.280 e. The number of ether oxygens (including phenoxy) is 1. The van der Waals surface area contributed by atoms with E-state index in [1.54, 1.807) is 48.5 Å². The Balaban J connectivity index is 1.67. The molecule has 6 nitrogen and oxygen atoms in total. The van der Waals surface area contributed by atoms with E-state index in [9.17, 15) is 14.9 Å². The molecule has 4 rings (SSSR count). The van der Waals surface area contributed by atoms with Gasteiger partial charge in [0.15, 0.2) is 5.76 Å². The van der Waals surface area contributed by atoms with Crippen LogP contribution in [0.25, 0.3) is 17.4 Å². The number of ketones is 1. The van der Waals surface area contributed by atoms with Gasteiger partial charge in [0.25, 0.3) is 5.69 Å². The Hall–Kier alpha value is -3.38. The summed E-state index contributed by atoms with van der Waals surface area (Å²) < 4.78 is 11.2. The summed E-state index contributed by atoms with van der Waals surface area (Å²) in [6, 6.07) is 14.3. The van der Waals surface area contributed by atoms with Crippen LogP contribution >= 0.6 is 11.6 Å².